The standard InChI is InChI=1S/C25H25B2ClN5/c1-27-21-15-29-33-24(14-23(31-25(21)33)20-7-2-3-8-22(20)28)30-19-9-11-32(12-10-19)16-17-5-4-6-18(26)13-17/h2-8,13-15,19,30H,9-12,16H2,1H3. The van der Waals surface area contributed by atoms with Crippen LogP contribution in [0.5, 0.6) is 0 Å². The van der Waals surface area contributed by atoms with Crippen LogP contribution in [0.25, 0.3) is 16.9 Å². The van der Waals surface area contributed by atoms with Crippen molar-refractivity contribution in [2.75, 3.05) is 18.4 Å². The molecular formula is C25H25B2ClN5. The van der Waals surface area contributed by atoms with Crippen LogP contribution in [0.4, 0.5) is 5.82 Å². The van der Waals surface area contributed by atoms with Crippen LogP contribution in [0, 0.1) is 0 Å². The molecule has 0 spiro atoms. The molecule has 3 radical (unpaired) electrons. The van der Waals surface area contributed by atoms with Crippen molar-refractivity contribution in [3.8, 4) is 11.3 Å². The number of nitrogens with zero attached hydrogens (tertiary/aromatic N) is 4. The molecule has 0 amide bonds. The number of benzene rings is 2. The van der Waals surface area contributed by atoms with Crippen LogP contribution in [0.2, 0.25) is 11.8 Å². The third-order valence-electron chi connectivity index (χ3n) is 6.26. The summed E-state index contributed by atoms with van der Waals surface area (Å²) in [6.45, 7) is 5.00. The van der Waals surface area contributed by atoms with E-state index in [-0.39, 0.29) is 0 Å². The summed E-state index contributed by atoms with van der Waals surface area (Å²) in [5.41, 5.74) is 5.69. The van der Waals surface area contributed by atoms with Crippen molar-refractivity contribution >= 4 is 49.1 Å². The first-order valence-electron chi connectivity index (χ1n) is 11.4. The van der Waals surface area contributed by atoms with Crippen LogP contribution >= 0.6 is 11.6 Å². The van der Waals surface area contributed by atoms with E-state index in [1.807, 2.05) is 61.2 Å². The summed E-state index contributed by atoms with van der Waals surface area (Å²) >= 11 is 6.49. The molecule has 0 bridgehead atoms. The van der Waals surface area contributed by atoms with Crippen molar-refractivity contribution in [2.45, 2.75) is 32.3 Å². The first-order valence-corrected chi connectivity index (χ1v) is 11.7. The number of nitrogens with one attached hydrogen (secondary N) is 1. The van der Waals surface area contributed by atoms with Crippen molar-refractivity contribution in [1.29, 1.82) is 0 Å². The molecule has 33 heavy (non-hydrogen) atoms. The molecule has 2 aromatic carbocycles. The molecule has 2 aromatic heterocycles. The molecule has 1 fully saturated rings. The molecule has 1 N–H and O–H groups in total. The summed E-state index contributed by atoms with van der Waals surface area (Å²) in [6.07, 6.45) is 3.97. The lowest BCUT2D eigenvalue weighted by Crippen LogP contribution is -2.39. The lowest BCUT2D eigenvalue weighted by molar-refractivity contribution is 0.211. The molecule has 1 saturated heterocycles. The fourth-order valence-corrected chi connectivity index (χ4v) is 4.72. The minimum atomic E-state index is 0.366. The zero-order valence-electron chi connectivity index (χ0n) is 18.7. The fraction of sp³-hybridized carbons (Fsp3) is 0.280. The van der Waals surface area contributed by atoms with Crippen molar-refractivity contribution in [3.63, 3.8) is 0 Å². The van der Waals surface area contributed by atoms with E-state index in [9.17, 15) is 0 Å². The van der Waals surface area contributed by atoms with Gasteiger partial charge in [0.1, 0.15) is 13.7 Å². The van der Waals surface area contributed by atoms with Gasteiger partial charge in [-0.1, -0.05) is 66.4 Å². The van der Waals surface area contributed by atoms with Gasteiger partial charge in [0.15, 0.2) is 12.9 Å². The maximum atomic E-state index is 6.49. The van der Waals surface area contributed by atoms with E-state index >= 15 is 0 Å². The zero-order valence-corrected chi connectivity index (χ0v) is 19.5. The summed E-state index contributed by atoms with van der Waals surface area (Å²) in [5, 5.41) is 9.03. The third kappa shape index (κ3) is 4.80. The van der Waals surface area contributed by atoms with Crippen LogP contribution in [0.15, 0.2) is 60.8 Å². The Kier molecular flexibility index (Phi) is 6.43. The molecule has 8 heteroatoms. The number of likely N-dealkylation sites (tertiary alicyclic amines) is 1. The highest BCUT2D eigenvalue weighted by Crippen LogP contribution is 2.29. The second-order valence-electron chi connectivity index (χ2n) is 8.57. The highest BCUT2D eigenvalue weighted by atomic mass is 35.5. The number of halogens is 1. The Morgan fingerprint density at radius 1 is 1.12 bits per heavy atom. The van der Waals surface area contributed by atoms with Gasteiger partial charge in [-0.25, -0.2) is 4.98 Å². The van der Waals surface area contributed by atoms with E-state index in [1.165, 1.54) is 5.56 Å². The van der Waals surface area contributed by atoms with E-state index in [4.69, 9.17) is 24.4 Å². The molecule has 3 heterocycles. The fourth-order valence-electron chi connectivity index (χ4n) is 4.49. The highest BCUT2D eigenvalue weighted by molar-refractivity contribution is 6.54. The Balaban J connectivity index is 1.36. The summed E-state index contributed by atoms with van der Waals surface area (Å²) in [4.78, 5) is 7.37. The Bertz CT molecular complexity index is 1270. The molecule has 1 aliphatic heterocycles. The number of aromatic nitrogens is 3. The molecule has 5 nitrogen and oxygen atoms in total. The number of fused-ring (bicyclic) bond motifs is 1. The number of piperidine rings is 1. The largest absolute Gasteiger partial charge is 0.367 e. The van der Waals surface area contributed by atoms with Crippen molar-refractivity contribution in [2.24, 2.45) is 0 Å². The Hall–Kier alpha value is -2.76. The minimum Gasteiger partial charge on any atom is -0.367 e. The van der Waals surface area contributed by atoms with Crippen LogP contribution < -0.4 is 16.2 Å². The molecule has 0 saturated carbocycles. The normalized spacial score (nSPS) is 15.1. The molecule has 163 valence electrons. The molecule has 4 aromatic rings. The van der Waals surface area contributed by atoms with Gasteiger partial charge in [0.2, 0.25) is 0 Å². The van der Waals surface area contributed by atoms with E-state index in [0.717, 1.165) is 66.1 Å². The van der Waals surface area contributed by atoms with Crippen molar-refractivity contribution in [3.05, 3.63) is 71.4 Å². The van der Waals surface area contributed by atoms with Gasteiger partial charge in [-0.3, -0.25) is 4.90 Å². The molecule has 0 atom stereocenters. The minimum absolute atomic E-state index is 0.366. The van der Waals surface area contributed by atoms with Gasteiger partial charge in [-0.05, 0) is 29.9 Å². The average molecular weight is 453 g/mol. The van der Waals surface area contributed by atoms with Gasteiger partial charge in [0.25, 0.3) is 0 Å². The molecular weight excluding hydrogens is 427 g/mol. The predicted molar refractivity (Wildman–Crippen MR) is 138 cm³/mol. The summed E-state index contributed by atoms with van der Waals surface area (Å²) in [5.74, 6) is 0.942. The quantitative estimate of drug-likeness (QED) is 0.456. The Labute approximate surface area is 201 Å². The monoisotopic (exact) mass is 452 g/mol. The Morgan fingerprint density at radius 2 is 1.94 bits per heavy atom. The summed E-state index contributed by atoms with van der Waals surface area (Å²) in [6, 6.07) is 18.4. The van der Waals surface area contributed by atoms with Crippen LogP contribution in [0.1, 0.15) is 18.4 Å². The molecule has 5 rings (SSSR count). The van der Waals surface area contributed by atoms with Gasteiger partial charge < -0.3 is 5.32 Å². The van der Waals surface area contributed by atoms with Crippen LogP contribution in [0.3, 0.4) is 0 Å². The van der Waals surface area contributed by atoms with Crippen LogP contribution in [-0.4, -0.2) is 53.8 Å². The summed E-state index contributed by atoms with van der Waals surface area (Å²) < 4.78 is 1.90. The van der Waals surface area contributed by atoms with E-state index < -0.39 is 0 Å². The molecule has 0 aliphatic carbocycles. The van der Waals surface area contributed by atoms with Crippen molar-refractivity contribution in [1.82, 2.24) is 19.5 Å². The van der Waals surface area contributed by atoms with Gasteiger partial charge >= 0.3 is 0 Å². The number of rotatable bonds is 6. The SMILES string of the molecule is [B]c1cccc(CN2CCC(Nc3cc(-c4ccccc4Cl)nc4c([B]C)cnn34)CC2)c1. The zero-order chi connectivity index (χ0) is 22.8. The second-order valence-corrected chi connectivity index (χ2v) is 8.98. The van der Waals surface area contributed by atoms with Gasteiger partial charge in [0.05, 0.1) is 5.69 Å². The maximum absolute atomic E-state index is 6.49. The third-order valence-corrected chi connectivity index (χ3v) is 6.59. The smallest absolute Gasteiger partial charge is 0.155 e. The van der Waals surface area contributed by atoms with E-state index in [0.29, 0.717) is 11.1 Å². The summed E-state index contributed by atoms with van der Waals surface area (Å²) in [7, 11) is 7.97. The first kappa shape index (κ1) is 22.1. The van der Waals surface area contributed by atoms with Crippen molar-refractivity contribution < 1.29 is 0 Å². The molecule has 1 aliphatic rings. The Morgan fingerprint density at radius 3 is 2.70 bits per heavy atom. The first-order chi connectivity index (χ1) is 16.1. The number of hydrogen-bond donors (Lipinski definition) is 1. The highest BCUT2D eigenvalue weighted by Gasteiger charge is 2.21. The van der Waals surface area contributed by atoms with Gasteiger partial charge in [-0.15, -0.1) is 0 Å². The topological polar surface area (TPSA) is 45.5 Å². The lowest BCUT2D eigenvalue weighted by atomic mass is 9.75. The van der Waals surface area contributed by atoms with Gasteiger partial charge in [0, 0.05) is 48.5 Å². The second kappa shape index (κ2) is 9.62. The molecule has 0 unspecified atom stereocenters. The number of hydrogen-bond acceptors (Lipinski definition) is 4. The van der Waals surface area contributed by atoms with E-state index in [1.54, 1.807) is 0 Å². The number of anilines is 1. The average Bonchev–Trinajstić information content (AvgIpc) is 3.24. The lowest BCUT2D eigenvalue weighted by Gasteiger charge is -2.33. The van der Waals surface area contributed by atoms with E-state index in [2.05, 4.69) is 33.5 Å². The predicted octanol–water partition coefficient (Wildman–Crippen LogP) is 3.30. The maximum Gasteiger partial charge on any atom is 0.155 e. The van der Waals surface area contributed by atoms with Gasteiger partial charge in [-0.2, -0.15) is 9.61 Å². The van der Waals surface area contributed by atoms with Crippen LogP contribution in [-0.2, 0) is 6.54 Å².